The van der Waals surface area contributed by atoms with Gasteiger partial charge < -0.3 is 9.47 Å². The van der Waals surface area contributed by atoms with Crippen LogP contribution in [0.2, 0.25) is 0 Å². The number of ether oxygens (including phenoxy) is 2. The maximum Gasteiger partial charge on any atom is 0.342 e. The van der Waals surface area contributed by atoms with E-state index in [1.807, 2.05) is 0 Å². The number of carbonyl (C=O) groups excluding carboxylic acids is 1. The molecule has 0 bridgehead atoms. The zero-order chi connectivity index (χ0) is 11.3. The lowest BCUT2D eigenvalue weighted by Gasteiger charge is -2.10. The number of hydrogen-bond donors (Lipinski definition) is 0. The molecule has 0 aromatic heterocycles. The fraction of sp³-hybridized carbons (Fsp3) is 0.364. The van der Waals surface area contributed by atoms with Gasteiger partial charge in [0.25, 0.3) is 0 Å². The highest BCUT2D eigenvalue weighted by molar-refractivity contribution is 6.17. The molecule has 1 rings (SSSR count). The number of benzene rings is 1. The van der Waals surface area contributed by atoms with Crippen molar-refractivity contribution in [2.45, 2.75) is 12.8 Å². The molecule has 0 unspecified atom stereocenters. The number of methoxy groups -OCH3 is 1. The van der Waals surface area contributed by atoms with E-state index in [0.29, 0.717) is 17.9 Å². The summed E-state index contributed by atoms with van der Waals surface area (Å²) in [7, 11) is 1.51. The highest BCUT2D eigenvalue weighted by Gasteiger charge is 2.17. The molecule has 0 saturated heterocycles. The van der Waals surface area contributed by atoms with Gasteiger partial charge in [-0.2, -0.15) is 0 Å². The molecule has 0 aliphatic carbocycles. The molecular formula is C11H13ClO3. The molecule has 0 spiro atoms. The third-order valence-electron chi connectivity index (χ3n) is 1.96. The van der Waals surface area contributed by atoms with Gasteiger partial charge in [0.15, 0.2) is 0 Å². The fourth-order valence-corrected chi connectivity index (χ4v) is 1.52. The van der Waals surface area contributed by atoms with Crippen LogP contribution < -0.4 is 4.74 Å². The van der Waals surface area contributed by atoms with Gasteiger partial charge in [0.1, 0.15) is 11.3 Å². The summed E-state index contributed by atoms with van der Waals surface area (Å²) in [6.45, 7) is 2.09. The molecule has 15 heavy (non-hydrogen) atoms. The van der Waals surface area contributed by atoms with Gasteiger partial charge in [-0.25, -0.2) is 4.79 Å². The monoisotopic (exact) mass is 228 g/mol. The van der Waals surface area contributed by atoms with Crippen LogP contribution in [0.3, 0.4) is 0 Å². The van der Waals surface area contributed by atoms with Gasteiger partial charge in [-0.3, -0.25) is 0 Å². The molecule has 3 nitrogen and oxygen atoms in total. The molecule has 0 aliphatic heterocycles. The summed E-state index contributed by atoms with van der Waals surface area (Å²) in [6.07, 6.45) is 0. The van der Waals surface area contributed by atoms with Crippen LogP contribution in [-0.4, -0.2) is 19.7 Å². The predicted molar refractivity (Wildman–Crippen MR) is 58.5 cm³/mol. The largest absolute Gasteiger partial charge is 0.496 e. The second kappa shape index (κ2) is 5.61. The third-order valence-corrected chi connectivity index (χ3v) is 2.24. The lowest BCUT2D eigenvalue weighted by atomic mass is 10.1. The van der Waals surface area contributed by atoms with Crippen LogP contribution in [0.4, 0.5) is 0 Å². The SMILES string of the molecule is CCOC(=O)c1c(CCl)cccc1OC. The highest BCUT2D eigenvalue weighted by atomic mass is 35.5. The van der Waals surface area contributed by atoms with Crippen LogP contribution in [0, 0.1) is 0 Å². The van der Waals surface area contributed by atoms with Gasteiger partial charge in [0.05, 0.1) is 13.7 Å². The minimum atomic E-state index is -0.398. The van der Waals surface area contributed by atoms with E-state index in [0.717, 1.165) is 5.56 Å². The summed E-state index contributed by atoms with van der Waals surface area (Å²) in [5, 5.41) is 0. The minimum absolute atomic E-state index is 0.255. The van der Waals surface area contributed by atoms with E-state index >= 15 is 0 Å². The molecule has 1 aromatic carbocycles. The van der Waals surface area contributed by atoms with Crippen LogP contribution in [0.15, 0.2) is 18.2 Å². The Labute approximate surface area is 93.9 Å². The van der Waals surface area contributed by atoms with Crippen molar-refractivity contribution >= 4 is 17.6 Å². The van der Waals surface area contributed by atoms with Crippen LogP contribution >= 0.6 is 11.6 Å². The Morgan fingerprint density at radius 3 is 2.73 bits per heavy atom. The van der Waals surface area contributed by atoms with E-state index in [9.17, 15) is 4.79 Å². The molecule has 0 atom stereocenters. The first kappa shape index (κ1) is 11.9. The van der Waals surface area contributed by atoms with E-state index in [-0.39, 0.29) is 5.88 Å². The first-order valence-electron chi connectivity index (χ1n) is 4.63. The van der Waals surface area contributed by atoms with Gasteiger partial charge >= 0.3 is 5.97 Å². The van der Waals surface area contributed by atoms with Crippen molar-refractivity contribution in [2.75, 3.05) is 13.7 Å². The van der Waals surface area contributed by atoms with Gasteiger partial charge in [0, 0.05) is 5.88 Å². The Hall–Kier alpha value is -1.22. The lowest BCUT2D eigenvalue weighted by Crippen LogP contribution is -2.09. The van der Waals surface area contributed by atoms with Crippen LogP contribution in [0.25, 0.3) is 0 Å². The zero-order valence-corrected chi connectivity index (χ0v) is 9.50. The Morgan fingerprint density at radius 2 is 2.20 bits per heavy atom. The first-order valence-corrected chi connectivity index (χ1v) is 5.17. The van der Waals surface area contributed by atoms with Crippen molar-refractivity contribution in [2.24, 2.45) is 0 Å². The molecule has 0 aliphatic rings. The molecule has 0 heterocycles. The molecule has 0 N–H and O–H groups in total. The number of rotatable bonds is 4. The molecular weight excluding hydrogens is 216 g/mol. The van der Waals surface area contributed by atoms with Crippen molar-refractivity contribution in [1.82, 2.24) is 0 Å². The molecule has 0 fully saturated rings. The summed E-state index contributed by atoms with van der Waals surface area (Å²) >= 11 is 5.74. The molecule has 0 saturated carbocycles. The molecule has 0 radical (unpaired) electrons. The van der Waals surface area contributed by atoms with E-state index in [1.54, 1.807) is 25.1 Å². The first-order chi connectivity index (χ1) is 7.24. The predicted octanol–water partition coefficient (Wildman–Crippen LogP) is 2.61. The average molecular weight is 229 g/mol. The lowest BCUT2D eigenvalue weighted by molar-refractivity contribution is 0.0521. The van der Waals surface area contributed by atoms with Crippen molar-refractivity contribution in [3.05, 3.63) is 29.3 Å². The molecule has 4 heteroatoms. The smallest absolute Gasteiger partial charge is 0.342 e. The number of carbonyl (C=O) groups is 1. The Bertz CT molecular complexity index is 327. The van der Waals surface area contributed by atoms with Gasteiger partial charge in [0.2, 0.25) is 0 Å². The second-order valence-electron chi connectivity index (χ2n) is 2.85. The summed E-state index contributed by atoms with van der Waals surface area (Å²) in [4.78, 5) is 11.6. The Kier molecular flexibility index (Phi) is 4.43. The van der Waals surface area contributed by atoms with Crippen molar-refractivity contribution in [1.29, 1.82) is 0 Å². The van der Waals surface area contributed by atoms with Crippen LogP contribution in [0.5, 0.6) is 5.75 Å². The number of alkyl halides is 1. The topological polar surface area (TPSA) is 35.5 Å². The standard InChI is InChI=1S/C11H13ClO3/c1-3-15-11(13)10-8(7-12)5-4-6-9(10)14-2/h4-6H,3,7H2,1-2H3. The maximum absolute atomic E-state index is 11.6. The number of hydrogen-bond acceptors (Lipinski definition) is 3. The highest BCUT2D eigenvalue weighted by Crippen LogP contribution is 2.24. The third kappa shape index (κ3) is 2.63. The maximum atomic E-state index is 11.6. The average Bonchev–Trinajstić information content (AvgIpc) is 2.28. The second-order valence-corrected chi connectivity index (χ2v) is 3.12. The zero-order valence-electron chi connectivity index (χ0n) is 8.75. The fourth-order valence-electron chi connectivity index (χ4n) is 1.29. The van der Waals surface area contributed by atoms with E-state index in [1.165, 1.54) is 7.11 Å². The van der Waals surface area contributed by atoms with E-state index in [2.05, 4.69) is 0 Å². The summed E-state index contributed by atoms with van der Waals surface area (Å²) in [6, 6.07) is 5.28. The van der Waals surface area contributed by atoms with E-state index < -0.39 is 5.97 Å². The van der Waals surface area contributed by atoms with Gasteiger partial charge in [-0.05, 0) is 18.6 Å². The van der Waals surface area contributed by atoms with Crippen molar-refractivity contribution in [3.8, 4) is 5.75 Å². The summed E-state index contributed by atoms with van der Waals surface area (Å²) in [5.41, 5.74) is 1.13. The number of esters is 1. The summed E-state index contributed by atoms with van der Waals surface area (Å²) < 4.78 is 10.0. The number of halogens is 1. The van der Waals surface area contributed by atoms with Crippen molar-refractivity contribution < 1.29 is 14.3 Å². The quantitative estimate of drug-likeness (QED) is 0.587. The normalized spacial score (nSPS) is 9.80. The van der Waals surface area contributed by atoms with E-state index in [4.69, 9.17) is 21.1 Å². The summed E-state index contributed by atoms with van der Waals surface area (Å²) in [5.74, 6) is 0.350. The Morgan fingerprint density at radius 1 is 1.47 bits per heavy atom. The molecule has 0 amide bonds. The molecule has 82 valence electrons. The Balaban J connectivity index is 3.15. The minimum Gasteiger partial charge on any atom is -0.496 e. The van der Waals surface area contributed by atoms with Gasteiger partial charge in [-0.1, -0.05) is 12.1 Å². The van der Waals surface area contributed by atoms with Crippen LogP contribution in [0.1, 0.15) is 22.8 Å². The van der Waals surface area contributed by atoms with Crippen molar-refractivity contribution in [3.63, 3.8) is 0 Å². The van der Waals surface area contributed by atoms with Crippen LogP contribution in [-0.2, 0) is 10.6 Å². The van der Waals surface area contributed by atoms with Gasteiger partial charge in [-0.15, -0.1) is 11.6 Å². The molecule has 1 aromatic rings.